The van der Waals surface area contributed by atoms with E-state index in [4.69, 9.17) is 9.47 Å². The number of hydrogen-bond acceptors (Lipinski definition) is 8. The SMILES string of the molecule is CC(=O)Oc1cccc(F)c1-n1c(C)cc2c(N3CCC(NC(=O)OC(C)(C)C)CC3)ncnc2c1=O. The van der Waals surface area contributed by atoms with Gasteiger partial charge in [-0.05, 0) is 58.7 Å². The number of halogens is 1. The number of nitrogens with one attached hydrogen (secondary N) is 1. The molecule has 3 aromatic rings. The van der Waals surface area contributed by atoms with Crippen molar-refractivity contribution in [3.63, 3.8) is 0 Å². The minimum atomic E-state index is -0.711. The molecule has 0 aliphatic carbocycles. The normalized spacial score (nSPS) is 14.5. The van der Waals surface area contributed by atoms with E-state index in [0.29, 0.717) is 42.8 Å². The molecule has 37 heavy (non-hydrogen) atoms. The molecule has 1 aliphatic heterocycles. The van der Waals surface area contributed by atoms with E-state index < -0.39 is 29.0 Å². The average molecular weight is 512 g/mol. The molecule has 3 heterocycles. The number of nitrogens with zero attached hydrogens (tertiary/aromatic N) is 4. The quantitative estimate of drug-likeness (QED) is 0.417. The number of alkyl carbamates (subject to hydrolysis) is 1. The van der Waals surface area contributed by atoms with Crippen molar-refractivity contribution < 1.29 is 23.5 Å². The molecule has 0 radical (unpaired) electrons. The van der Waals surface area contributed by atoms with Crippen molar-refractivity contribution in [1.82, 2.24) is 19.9 Å². The van der Waals surface area contributed by atoms with Crippen molar-refractivity contribution >= 4 is 28.8 Å². The van der Waals surface area contributed by atoms with Crippen LogP contribution in [0.5, 0.6) is 5.75 Å². The molecular formula is C26H30FN5O5. The molecule has 196 valence electrons. The number of esters is 1. The van der Waals surface area contributed by atoms with Gasteiger partial charge in [0, 0.05) is 31.7 Å². The van der Waals surface area contributed by atoms with E-state index in [9.17, 15) is 18.8 Å². The number of carbonyl (C=O) groups excluding carboxylic acids is 2. The largest absolute Gasteiger partial charge is 0.444 e. The van der Waals surface area contributed by atoms with Gasteiger partial charge in [0.05, 0.1) is 5.39 Å². The highest BCUT2D eigenvalue weighted by Gasteiger charge is 2.26. The molecule has 1 aliphatic rings. The number of aromatic nitrogens is 3. The monoisotopic (exact) mass is 511 g/mol. The van der Waals surface area contributed by atoms with Gasteiger partial charge in [-0.25, -0.2) is 19.2 Å². The second-order valence-corrected chi connectivity index (χ2v) is 9.97. The number of aryl methyl sites for hydroxylation is 1. The average Bonchev–Trinajstić information content (AvgIpc) is 2.79. The van der Waals surface area contributed by atoms with Gasteiger partial charge in [-0.15, -0.1) is 0 Å². The molecule has 11 heteroatoms. The van der Waals surface area contributed by atoms with Crippen molar-refractivity contribution in [2.45, 2.75) is 59.1 Å². The van der Waals surface area contributed by atoms with Crippen LogP contribution in [0.1, 0.15) is 46.2 Å². The number of piperidine rings is 1. The molecule has 2 aromatic heterocycles. The number of benzene rings is 1. The number of ether oxygens (including phenoxy) is 2. The lowest BCUT2D eigenvalue weighted by Crippen LogP contribution is -2.46. The van der Waals surface area contributed by atoms with E-state index in [1.165, 1.54) is 31.5 Å². The van der Waals surface area contributed by atoms with Crippen LogP contribution in [-0.4, -0.2) is 51.3 Å². The predicted octanol–water partition coefficient (Wildman–Crippen LogP) is 3.65. The molecular weight excluding hydrogens is 481 g/mol. The summed E-state index contributed by atoms with van der Waals surface area (Å²) in [6.07, 6.45) is 2.19. The third-order valence-corrected chi connectivity index (χ3v) is 5.92. The molecule has 1 fully saturated rings. The molecule has 0 spiro atoms. The highest BCUT2D eigenvalue weighted by atomic mass is 19.1. The Kier molecular flexibility index (Phi) is 7.15. The number of anilines is 1. The van der Waals surface area contributed by atoms with Crippen molar-refractivity contribution in [3.8, 4) is 11.4 Å². The van der Waals surface area contributed by atoms with Crippen LogP contribution in [0.2, 0.25) is 0 Å². The molecule has 1 amide bonds. The first-order valence-corrected chi connectivity index (χ1v) is 12.0. The van der Waals surface area contributed by atoms with Gasteiger partial charge in [0.2, 0.25) is 0 Å². The summed E-state index contributed by atoms with van der Waals surface area (Å²) in [6, 6.07) is 5.70. The van der Waals surface area contributed by atoms with Gasteiger partial charge in [0.1, 0.15) is 29.0 Å². The molecule has 1 aromatic carbocycles. The molecule has 0 unspecified atom stereocenters. The number of pyridine rings is 1. The van der Waals surface area contributed by atoms with E-state index in [0.717, 1.165) is 4.57 Å². The summed E-state index contributed by atoms with van der Waals surface area (Å²) in [6.45, 7) is 9.50. The summed E-state index contributed by atoms with van der Waals surface area (Å²) in [4.78, 5) is 47.9. The van der Waals surface area contributed by atoms with Gasteiger partial charge < -0.3 is 19.7 Å². The maximum Gasteiger partial charge on any atom is 0.407 e. The van der Waals surface area contributed by atoms with Crippen LogP contribution in [0.4, 0.5) is 15.0 Å². The Morgan fingerprint density at radius 3 is 2.51 bits per heavy atom. The number of amides is 1. The van der Waals surface area contributed by atoms with Crippen LogP contribution < -0.4 is 20.5 Å². The third kappa shape index (κ3) is 5.71. The van der Waals surface area contributed by atoms with Gasteiger partial charge in [-0.2, -0.15) is 0 Å². The minimum Gasteiger partial charge on any atom is -0.444 e. The number of rotatable bonds is 4. The van der Waals surface area contributed by atoms with Crippen LogP contribution in [0.15, 0.2) is 35.4 Å². The van der Waals surface area contributed by atoms with E-state index in [1.807, 2.05) is 25.7 Å². The van der Waals surface area contributed by atoms with E-state index >= 15 is 0 Å². The lowest BCUT2D eigenvalue weighted by Gasteiger charge is -2.34. The van der Waals surface area contributed by atoms with Crippen LogP contribution in [0.3, 0.4) is 0 Å². The summed E-state index contributed by atoms with van der Waals surface area (Å²) >= 11 is 0. The van der Waals surface area contributed by atoms with E-state index in [-0.39, 0.29) is 23.0 Å². The fourth-order valence-corrected chi connectivity index (χ4v) is 4.42. The van der Waals surface area contributed by atoms with E-state index in [2.05, 4.69) is 15.3 Å². The van der Waals surface area contributed by atoms with Gasteiger partial charge >= 0.3 is 12.1 Å². The van der Waals surface area contributed by atoms with Gasteiger partial charge in [0.25, 0.3) is 5.56 Å². The van der Waals surface area contributed by atoms with Crippen molar-refractivity contribution in [2.75, 3.05) is 18.0 Å². The van der Waals surface area contributed by atoms with Gasteiger partial charge in [-0.3, -0.25) is 14.2 Å². The van der Waals surface area contributed by atoms with Crippen molar-refractivity contribution in [2.24, 2.45) is 0 Å². The van der Waals surface area contributed by atoms with Crippen LogP contribution in [0, 0.1) is 12.7 Å². The van der Waals surface area contributed by atoms with Crippen LogP contribution in [0.25, 0.3) is 16.6 Å². The molecule has 1 N–H and O–H groups in total. The van der Waals surface area contributed by atoms with Gasteiger partial charge in [0.15, 0.2) is 11.6 Å². The maximum absolute atomic E-state index is 14.9. The molecule has 10 nitrogen and oxygen atoms in total. The highest BCUT2D eigenvalue weighted by Crippen LogP contribution is 2.30. The lowest BCUT2D eigenvalue weighted by atomic mass is 10.0. The molecule has 0 atom stereocenters. The molecule has 1 saturated heterocycles. The Labute approximate surface area is 213 Å². The second-order valence-electron chi connectivity index (χ2n) is 9.97. The van der Waals surface area contributed by atoms with Crippen molar-refractivity contribution in [1.29, 1.82) is 0 Å². The first-order valence-electron chi connectivity index (χ1n) is 12.0. The summed E-state index contributed by atoms with van der Waals surface area (Å²) in [7, 11) is 0. The fourth-order valence-electron chi connectivity index (χ4n) is 4.42. The zero-order valence-corrected chi connectivity index (χ0v) is 21.5. The number of fused-ring (bicyclic) bond motifs is 1. The molecule has 0 bridgehead atoms. The maximum atomic E-state index is 14.9. The summed E-state index contributed by atoms with van der Waals surface area (Å²) in [5, 5.41) is 3.44. The zero-order valence-electron chi connectivity index (χ0n) is 21.5. The summed E-state index contributed by atoms with van der Waals surface area (Å²) < 4.78 is 26.6. The topological polar surface area (TPSA) is 116 Å². The second kappa shape index (κ2) is 10.2. The highest BCUT2D eigenvalue weighted by molar-refractivity contribution is 5.89. The van der Waals surface area contributed by atoms with E-state index in [1.54, 1.807) is 13.0 Å². The Morgan fingerprint density at radius 2 is 1.86 bits per heavy atom. The number of carbonyl (C=O) groups is 2. The zero-order chi connectivity index (χ0) is 26.9. The van der Waals surface area contributed by atoms with Crippen molar-refractivity contribution in [3.05, 3.63) is 52.5 Å². The molecule has 4 rings (SSSR count). The van der Waals surface area contributed by atoms with Crippen LogP contribution >= 0.6 is 0 Å². The number of hydrogen-bond donors (Lipinski definition) is 1. The smallest absolute Gasteiger partial charge is 0.407 e. The molecule has 0 saturated carbocycles. The lowest BCUT2D eigenvalue weighted by molar-refractivity contribution is -0.131. The Balaban J connectivity index is 1.64. The third-order valence-electron chi connectivity index (χ3n) is 5.92. The number of para-hydroxylation sites is 1. The summed E-state index contributed by atoms with van der Waals surface area (Å²) in [5.41, 5.74) is -0.748. The Morgan fingerprint density at radius 1 is 1.16 bits per heavy atom. The minimum absolute atomic E-state index is 0.0427. The fraction of sp³-hybridized carbons (Fsp3) is 0.423. The van der Waals surface area contributed by atoms with Gasteiger partial charge in [-0.1, -0.05) is 6.07 Å². The first kappa shape index (κ1) is 26.1. The Bertz CT molecular complexity index is 1410. The summed E-state index contributed by atoms with van der Waals surface area (Å²) in [5.74, 6) is -0.822. The first-order chi connectivity index (χ1) is 17.4. The Hall–Kier alpha value is -4.02. The predicted molar refractivity (Wildman–Crippen MR) is 136 cm³/mol. The standard InChI is InChI=1S/C26H30FN5O5/c1-15-13-18-21(24(34)32(15)22-19(27)7-6-8-20(22)36-16(2)33)28-14-29-23(18)31-11-9-17(10-12-31)30-25(35)37-26(3,4)5/h6-8,13-14,17H,9-12H2,1-5H3,(H,30,35). The van der Waals surface area contributed by atoms with Crippen LogP contribution in [-0.2, 0) is 9.53 Å².